The number of Topliss-reactive ketones (excluding diaryl/α,β-unsaturated/α-hetero) is 1. The third-order valence-electron chi connectivity index (χ3n) is 6.52. The smallest absolute Gasteiger partial charge is 0.251 e. The molecule has 1 aromatic carbocycles. The summed E-state index contributed by atoms with van der Waals surface area (Å²) < 4.78 is 7.31. The molecule has 7 nitrogen and oxygen atoms in total. The Balaban J connectivity index is 1.12. The number of piperidine rings is 1. The monoisotopic (exact) mass is 432 g/mol. The molecular weight excluding hydrogens is 404 g/mol. The fraction of sp³-hybridized carbons (Fsp3) is 0.400. The van der Waals surface area contributed by atoms with Gasteiger partial charge in [-0.1, -0.05) is 12.1 Å². The van der Waals surface area contributed by atoms with E-state index in [1.807, 2.05) is 22.8 Å². The number of nitrogens with zero attached hydrogens (tertiary/aromatic N) is 3. The summed E-state index contributed by atoms with van der Waals surface area (Å²) >= 11 is 0. The van der Waals surface area contributed by atoms with E-state index in [0.29, 0.717) is 19.0 Å². The number of benzene rings is 1. The van der Waals surface area contributed by atoms with Gasteiger partial charge in [-0.2, -0.15) is 0 Å². The summed E-state index contributed by atoms with van der Waals surface area (Å²) in [5.74, 6) is 0.972. The fourth-order valence-electron chi connectivity index (χ4n) is 4.67. The molecule has 5 rings (SSSR count). The van der Waals surface area contributed by atoms with Crippen molar-refractivity contribution in [3.05, 3.63) is 70.3 Å². The summed E-state index contributed by atoms with van der Waals surface area (Å²) in [6.07, 6.45) is 6.16. The van der Waals surface area contributed by atoms with Crippen LogP contribution in [-0.4, -0.2) is 52.5 Å². The summed E-state index contributed by atoms with van der Waals surface area (Å²) in [6, 6.07) is 12.1. The van der Waals surface area contributed by atoms with E-state index in [0.717, 1.165) is 61.2 Å². The topological polar surface area (TPSA) is 76.5 Å². The summed E-state index contributed by atoms with van der Waals surface area (Å²) in [5.41, 5.74) is 3.11. The van der Waals surface area contributed by atoms with E-state index in [4.69, 9.17) is 4.74 Å². The summed E-state index contributed by atoms with van der Waals surface area (Å²) in [5, 5.41) is 4.71. The Morgan fingerprint density at radius 1 is 1.06 bits per heavy atom. The summed E-state index contributed by atoms with van der Waals surface area (Å²) in [4.78, 5) is 30.6. The molecule has 0 bridgehead atoms. The first-order valence-corrected chi connectivity index (χ1v) is 11.3. The lowest BCUT2D eigenvalue weighted by Crippen LogP contribution is -2.43. The maximum atomic E-state index is 12.4. The molecule has 0 aliphatic carbocycles. The Morgan fingerprint density at radius 2 is 1.94 bits per heavy atom. The third kappa shape index (κ3) is 4.59. The van der Waals surface area contributed by atoms with Crippen LogP contribution in [0.3, 0.4) is 0 Å². The molecule has 1 N–H and O–H groups in total. The van der Waals surface area contributed by atoms with E-state index >= 15 is 0 Å². The average Bonchev–Trinajstić information content (AvgIpc) is 2.82. The van der Waals surface area contributed by atoms with Crippen molar-refractivity contribution in [3.63, 3.8) is 0 Å². The highest BCUT2D eigenvalue weighted by atomic mass is 16.5. The lowest BCUT2D eigenvalue weighted by molar-refractivity contribution is -0.121. The molecule has 7 heteroatoms. The van der Waals surface area contributed by atoms with Crippen molar-refractivity contribution in [1.29, 1.82) is 0 Å². The molecule has 0 radical (unpaired) electrons. The molecule has 2 aliphatic heterocycles. The Labute approximate surface area is 187 Å². The minimum absolute atomic E-state index is 0.0270. The number of nitrogens with one attached hydrogen (secondary N) is 1. The Hall–Kier alpha value is -3.03. The van der Waals surface area contributed by atoms with Crippen molar-refractivity contribution in [2.75, 3.05) is 26.2 Å². The minimum atomic E-state index is 0.0270. The molecule has 0 unspecified atom stereocenters. The zero-order chi connectivity index (χ0) is 21.9. The SMILES string of the molecule is O=C1COc2ccc(CNC3CCN(CCn4c(=O)ccc5ccncc54)CC3)cc2C1. The molecular formula is C25H28N4O3. The van der Waals surface area contributed by atoms with E-state index in [2.05, 4.69) is 27.3 Å². The second-order valence-electron chi connectivity index (χ2n) is 8.70. The van der Waals surface area contributed by atoms with Crippen LogP contribution in [-0.2, 0) is 24.3 Å². The van der Waals surface area contributed by atoms with E-state index in [-0.39, 0.29) is 17.9 Å². The largest absolute Gasteiger partial charge is 0.486 e. The molecule has 32 heavy (non-hydrogen) atoms. The molecule has 0 amide bonds. The predicted molar refractivity (Wildman–Crippen MR) is 123 cm³/mol. The molecule has 4 heterocycles. The number of fused-ring (bicyclic) bond motifs is 2. The molecule has 0 spiro atoms. The van der Waals surface area contributed by atoms with Crippen molar-refractivity contribution >= 4 is 16.7 Å². The number of hydrogen-bond donors (Lipinski definition) is 1. The highest BCUT2D eigenvalue weighted by Gasteiger charge is 2.20. The van der Waals surface area contributed by atoms with Crippen LogP contribution in [0.2, 0.25) is 0 Å². The van der Waals surface area contributed by atoms with E-state index in [9.17, 15) is 9.59 Å². The number of pyridine rings is 2. The van der Waals surface area contributed by atoms with Crippen LogP contribution in [0, 0.1) is 0 Å². The average molecular weight is 433 g/mol. The second-order valence-corrected chi connectivity index (χ2v) is 8.70. The minimum Gasteiger partial charge on any atom is -0.486 e. The Kier molecular flexibility index (Phi) is 6.01. The van der Waals surface area contributed by atoms with Gasteiger partial charge < -0.3 is 19.5 Å². The molecule has 0 atom stereocenters. The van der Waals surface area contributed by atoms with Gasteiger partial charge in [0.15, 0.2) is 5.78 Å². The molecule has 0 saturated carbocycles. The van der Waals surface area contributed by atoms with Gasteiger partial charge in [0.25, 0.3) is 5.56 Å². The Bertz CT molecular complexity index is 1180. The van der Waals surface area contributed by atoms with Crippen LogP contribution < -0.4 is 15.6 Å². The zero-order valence-corrected chi connectivity index (χ0v) is 18.1. The molecule has 2 aromatic heterocycles. The second kappa shape index (κ2) is 9.22. The summed E-state index contributed by atoms with van der Waals surface area (Å²) in [6.45, 7) is 4.55. The number of ether oxygens (including phenoxy) is 1. The molecule has 1 fully saturated rings. The van der Waals surface area contributed by atoms with Crippen LogP contribution in [0.4, 0.5) is 0 Å². The first-order valence-electron chi connectivity index (χ1n) is 11.3. The van der Waals surface area contributed by atoms with Gasteiger partial charge in [0.05, 0.1) is 11.7 Å². The number of carbonyl (C=O) groups is 1. The van der Waals surface area contributed by atoms with Gasteiger partial charge >= 0.3 is 0 Å². The molecule has 2 aliphatic rings. The molecule has 166 valence electrons. The fourth-order valence-corrected chi connectivity index (χ4v) is 4.67. The van der Waals surface area contributed by atoms with Crippen LogP contribution >= 0.6 is 0 Å². The maximum Gasteiger partial charge on any atom is 0.251 e. The number of likely N-dealkylation sites (tertiary alicyclic amines) is 1. The first-order chi connectivity index (χ1) is 15.7. The van der Waals surface area contributed by atoms with Crippen LogP contribution in [0.25, 0.3) is 10.9 Å². The first kappa shape index (κ1) is 20.8. The number of rotatable bonds is 6. The van der Waals surface area contributed by atoms with E-state index in [1.165, 1.54) is 5.56 Å². The van der Waals surface area contributed by atoms with E-state index < -0.39 is 0 Å². The van der Waals surface area contributed by atoms with Gasteiger partial charge in [-0.3, -0.25) is 14.6 Å². The number of aromatic nitrogens is 2. The van der Waals surface area contributed by atoms with Crippen molar-refractivity contribution in [2.45, 2.75) is 38.4 Å². The van der Waals surface area contributed by atoms with Crippen molar-refractivity contribution in [1.82, 2.24) is 19.8 Å². The lowest BCUT2D eigenvalue weighted by atomic mass is 10.0. The van der Waals surface area contributed by atoms with Gasteiger partial charge in [0.1, 0.15) is 12.4 Å². The van der Waals surface area contributed by atoms with Crippen LogP contribution in [0.5, 0.6) is 5.75 Å². The predicted octanol–water partition coefficient (Wildman–Crippen LogP) is 2.15. The molecule has 1 saturated heterocycles. The Morgan fingerprint density at radius 3 is 2.81 bits per heavy atom. The van der Waals surface area contributed by atoms with Crippen LogP contribution in [0.15, 0.2) is 53.6 Å². The normalized spacial score (nSPS) is 17.3. The highest BCUT2D eigenvalue weighted by molar-refractivity contribution is 5.84. The standard InChI is InChI=1S/C25H28N4O3/c30-22-14-20-13-18(1-3-24(20)32-17-22)15-27-21-6-9-28(10-7-21)11-12-29-23-16-26-8-5-19(23)2-4-25(29)31/h1-5,8,13,16,21,27H,6-7,9-12,14-15,17H2. The quantitative estimate of drug-likeness (QED) is 0.643. The van der Waals surface area contributed by atoms with Gasteiger partial charge in [0, 0.05) is 55.3 Å². The highest BCUT2D eigenvalue weighted by Crippen LogP contribution is 2.24. The van der Waals surface area contributed by atoms with E-state index in [1.54, 1.807) is 18.5 Å². The van der Waals surface area contributed by atoms with Gasteiger partial charge in [-0.25, -0.2) is 0 Å². The van der Waals surface area contributed by atoms with Crippen LogP contribution in [0.1, 0.15) is 24.0 Å². The van der Waals surface area contributed by atoms with Crippen molar-refractivity contribution < 1.29 is 9.53 Å². The third-order valence-corrected chi connectivity index (χ3v) is 6.52. The van der Waals surface area contributed by atoms with Crippen molar-refractivity contribution in [2.24, 2.45) is 0 Å². The number of hydrogen-bond acceptors (Lipinski definition) is 6. The summed E-state index contributed by atoms with van der Waals surface area (Å²) in [7, 11) is 0. The lowest BCUT2D eigenvalue weighted by Gasteiger charge is -2.32. The van der Waals surface area contributed by atoms with Gasteiger partial charge in [-0.05, 0) is 49.7 Å². The molecule has 3 aromatic rings. The number of carbonyl (C=O) groups excluding carboxylic acids is 1. The number of ketones is 1. The van der Waals surface area contributed by atoms with Crippen molar-refractivity contribution in [3.8, 4) is 5.75 Å². The van der Waals surface area contributed by atoms with Gasteiger partial charge in [0.2, 0.25) is 0 Å². The van der Waals surface area contributed by atoms with Gasteiger partial charge in [-0.15, -0.1) is 0 Å². The zero-order valence-electron chi connectivity index (χ0n) is 18.1. The maximum absolute atomic E-state index is 12.4.